The van der Waals surface area contributed by atoms with Crippen molar-refractivity contribution in [1.29, 1.82) is 5.41 Å². The van der Waals surface area contributed by atoms with Crippen molar-refractivity contribution in [2.75, 3.05) is 0 Å². The number of nitrogens with one attached hydrogen (secondary N) is 2. The van der Waals surface area contributed by atoms with E-state index in [0.717, 1.165) is 11.1 Å². The average Bonchev–Trinajstić information content (AvgIpc) is 2.71. The summed E-state index contributed by atoms with van der Waals surface area (Å²) in [5.41, 5.74) is 6.72. The third kappa shape index (κ3) is 3.04. The molecule has 1 aromatic rings. The molecule has 2 aliphatic rings. The maximum absolute atomic E-state index is 7.35. The number of benzene rings is 1. The zero-order valence-corrected chi connectivity index (χ0v) is 12.0. The second-order valence-electron chi connectivity index (χ2n) is 4.56. The number of rotatable bonds is 1. The van der Waals surface area contributed by atoms with Crippen LogP contribution in [0.25, 0.3) is 12.2 Å². The van der Waals surface area contributed by atoms with E-state index in [1.807, 2.05) is 17.5 Å². The van der Waals surface area contributed by atoms with Crippen molar-refractivity contribution in [1.82, 2.24) is 5.43 Å². The molecule has 1 aliphatic heterocycles. The van der Waals surface area contributed by atoms with Gasteiger partial charge < -0.3 is 0 Å². The van der Waals surface area contributed by atoms with Crippen LogP contribution in [0, 0.1) is 5.41 Å². The van der Waals surface area contributed by atoms with Crippen LogP contribution in [0.2, 0.25) is 0 Å². The first-order chi connectivity index (χ1) is 10.3. The van der Waals surface area contributed by atoms with Gasteiger partial charge in [-0.15, -0.1) is 0 Å². The molecule has 0 amide bonds. The molecule has 4 nitrogen and oxygen atoms in total. The van der Waals surface area contributed by atoms with Crippen molar-refractivity contribution in [3.8, 4) is 0 Å². The standard InChI is InChI=1S/C16H14N4S/c17-16(20-18)19-9-11-7-14-6-5-12-3-1-2-4-13(12)8-15(14)21-10-11/h1-10H,18H2,(H2,17,20). The van der Waals surface area contributed by atoms with E-state index in [0.29, 0.717) is 0 Å². The highest BCUT2D eigenvalue weighted by Gasteiger charge is 2.12. The van der Waals surface area contributed by atoms with Crippen molar-refractivity contribution in [3.05, 3.63) is 69.0 Å². The van der Waals surface area contributed by atoms with Crippen molar-refractivity contribution < 1.29 is 0 Å². The molecule has 0 fully saturated rings. The summed E-state index contributed by atoms with van der Waals surface area (Å²) in [7, 11) is 0. The second kappa shape index (κ2) is 5.95. The Hall–Kier alpha value is -2.37. The van der Waals surface area contributed by atoms with Crippen molar-refractivity contribution >= 4 is 36.1 Å². The van der Waals surface area contributed by atoms with Crippen LogP contribution >= 0.6 is 11.8 Å². The van der Waals surface area contributed by atoms with Gasteiger partial charge >= 0.3 is 0 Å². The number of fused-ring (bicyclic) bond motifs is 2. The van der Waals surface area contributed by atoms with Gasteiger partial charge in [0.05, 0.1) is 0 Å². The molecule has 0 bridgehead atoms. The summed E-state index contributed by atoms with van der Waals surface area (Å²) in [6, 6.07) is 8.31. The highest BCUT2D eigenvalue weighted by molar-refractivity contribution is 8.06. The molecule has 21 heavy (non-hydrogen) atoms. The van der Waals surface area contributed by atoms with E-state index < -0.39 is 0 Å². The van der Waals surface area contributed by atoms with Crippen LogP contribution in [0.5, 0.6) is 0 Å². The smallest absolute Gasteiger partial charge is 0.229 e. The number of nitrogens with zero attached hydrogens (tertiary/aromatic N) is 1. The van der Waals surface area contributed by atoms with Gasteiger partial charge in [-0.2, -0.15) is 0 Å². The zero-order valence-electron chi connectivity index (χ0n) is 11.2. The van der Waals surface area contributed by atoms with Crippen LogP contribution in [0.3, 0.4) is 0 Å². The molecule has 0 radical (unpaired) electrons. The molecule has 0 spiro atoms. The maximum Gasteiger partial charge on any atom is 0.229 e. The highest BCUT2D eigenvalue weighted by atomic mass is 32.2. The predicted molar refractivity (Wildman–Crippen MR) is 90.8 cm³/mol. The Balaban J connectivity index is 1.90. The fraction of sp³-hybridized carbons (Fsp3) is 0. The van der Waals surface area contributed by atoms with Gasteiger partial charge in [0.25, 0.3) is 0 Å². The Bertz CT molecular complexity index is 738. The topological polar surface area (TPSA) is 74.3 Å². The summed E-state index contributed by atoms with van der Waals surface area (Å²) < 4.78 is 0. The lowest BCUT2D eigenvalue weighted by atomic mass is 10.1. The second-order valence-corrected chi connectivity index (χ2v) is 5.47. The molecule has 5 heteroatoms. The molecule has 0 saturated heterocycles. The Labute approximate surface area is 127 Å². The van der Waals surface area contributed by atoms with E-state index in [2.05, 4.69) is 46.9 Å². The molecular weight excluding hydrogens is 280 g/mol. The first-order valence-electron chi connectivity index (χ1n) is 6.43. The van der Waals surface area contributed by atoms with Gasteiger partial charge in [-0.25, -0.2) is 10.8 Å². The first kappa shape index (κ1) is 13.6. The minimum absolute atomic E-state index is 0.0653. The van der Waals surface area contributed by atoms with E-state index in [1.54, 1.807) is 18.0 Å². The average molecular weight is 294 g/mol. The van der Waals surface area contributed by atoms with Crippen LogP contribution in [0.1, 0.15) is 11.1 Å². The van der Waals surface area contributed by atoms with Crippen LogP contribution < -0.4 is 11.3 Å². The van der Waals surface area contributed by atoms with Crippen LogP contribution in [0.15, 0.2) is 62.9 Å². The van der Waals surface area contributed by atoms with Gasteiger partial charge in [0.15, 0.2) is 0 Å². The van der Waals surface area contributed by atoms with Gasteiger partial charge in [-0.3, -0.25) is 10.8 Å². The third-order valence-electron chi connectivity index (χ3n) is 3.13. The SMILES string of the molecule is N=C(N=CC1=CSC2=Cc3ccccc3C=CC2=C1)NN. The van der Waals surface area contributed by atoms with Crippen molar-refractivity contribution in [3.63, 3.8) is 0 Å². The summed E-state index contributed by atoms with van der Waals surface area (Å²) in [5.74, 6) is 5.05. The molecule has 0 unspecified atom stereocenters. The molecule has 1 heterocycles. The molecule has 3 rings (SSSR count). The lowest BCUT2D eigenvalue weighted by molar-refractivity contribution is 0.996. The Morgan fingerprint density at radius 3 is 2.81 bits per heavy atom. The number of thioether (sulfide) groups is 1. The fourth-order valence-electron chi connectivity index (χ4n) is 2.09. The molecule has 104 valence electrons. The monoisotopic (exact) mass is 294 g/mol. The number of hydrogen-bond acceptors (Lipinski definition) is 3. The van der Waals surface area contributed by atoms with E-state index in [9.17, 15) is 0 Å². The van der Waals surface area contributed by atoms with Crippen molar-refractivity contribution in [2.24, 2.45) is 10.8 Å². The molecule has 1 aliphatic carbocycles. The minimum atomic E-state index is -0.0653. The molecule has 1 aromatic carbocycles. The highest BCUT2D eigenvalue weighted by Crippen LogP contribution is 2.36. The Kier molecular flexibility index (Phi) is 3.85. The van der Waals surface area contributed by atoms with E-state index in [4.69, 9.17) is 11.3 Å². The summed E-state index contributed by atoms with van der Waals surface area (Å²) in [4.78, 5) is 5.13. The quantitative estimate of drug-likeness (QED) is 0.322. The number of aliphatic imine (C=N–C) groups is 1. The summed E-state index contributed by atoms with van der Waals surface area (Å²) in [5, 5.41) is 9.37. The zero-order chi connectivity index (χ0) is 14.7. The van der Waals surface area contributed by atoms with Gasteiger partial charge in [-0.1, -0.05) is 48.2 Å². The van der Waals surface area contributed by atoms with Crippen LogP contribution in [0.4, 0.5) is 0 Å². The van der Waals surface area contributed by atoms with Gasteiger partial charge in [0.1, 0.15) is 0 Å². The fourth-order valence-corrected chi connectivity index (χ4v) is 2.94. The van der Waals surface area contributed by atoms with Gasteiger partial charge in [0, 0.05) is 16.7 Å². The van der Waals surface area contributed by atoms with Crippen LogP contribution in [-0.4, -0.2) is 12.2 Å². The number of guanidine groups is 1. The third-order valence-corrected chi connectivity index (χ3v) is 4.13. The Morgan fingerprint density at radius 1 is 1.19 bits per heavy atom. The Morgan fingerprint density at radius 2 is 2.00 bits per heavy atom. The lowest BCUT2D eigenvalue weighted by Gasteiger charge is -2.11. The molecule has 0 saturated carbocycles. The number of nitrogens with two attached hydrogens (primary N) is 1. The number of hydrazine groups is 1. The van der Waals surface area contributed by atoms with Crippen molar-refractivity contribution in [2.45, 2.75) is 0 Å². The van der Waals surface area contributed by atoms with Gasteiger partial charge in [-0.05, 0) is 34.3 Å². The molecule has 0 aromatic heterocycles. The normalized spacial score (nSPS) is 16.3. The minimum Gasteiger partial charge on any atom is -0.293 e. The van der Waals surface area contributed by atoms with E-state index >= 15 is 0 Å². The number of allylic oxidation sites excluding steroid dienone is 4. The van der Waals surface area contributed by atoms with E-state index in [1.165, 1.54) is 16.0 Å². The lowest BCUT2D eigenvalue weighted by Crippen LogP contribution is -2.27. The summed E-state index contributed by atoms with van der Waals surface area (Å²) >= 11 is 1.66. The first-order valence-corrected chi connectivity index (χ1v) is 7.31. The predicted octanol–water partition coefficient (Wildman–Crippen LogP) is 3.08. The molecular formula is C16H14N4S. The maximum atomic E-state index is 7.35. The molecule has 4 N–H and O–H groups in total. The summed E-state index contributed by atoms with van der Waals surface area (Å²) in [6.45, 7) is 0. The largest absolute Gasteiger partial charge is 0.293 e. The molecule has 0 atom stereocenters. The van der Waals surface area contributed by atoms with Gasteiger partial charge in [0.2, 0.25) is 5.96 Å². The van der Waals surface area contributed by atoms with E-state index in [-0.39, 0.29) is 5.96 Å². The summed E-state index contributed by atoms with van der Waals surface area (Å²) in [6.07, 6.45) is 10.1. The van der Waals surface area contributed by atoms with Crippen LogP contribution in [-0.2, 0) is 0 Å². The number of hydrogen-bond donors (Lipinski definition) is 3.